The molecule has 0 aliphatic rings. The number of benzene rings is 2. The molecule has 9 heteroatoms. The highest BCUT2D eigenvalue weighted by Gasteiger charge is 2.30. The second-order valence-corrected chi connectivity index (χ2v) is 12.4. The fourth-order valence-corrected chi connectivity index (χ4v) is 5.04. The summed E-state index contributed by atoms with van der Waals surface area (Å²) < 4.78 is 26.1. The zero-order valence-corrected chi connectivity index (χ0v) is 23.6. The van der Waals surface area contributed by atoms with Crippen LogP contribution in [-0.4, -0.2) is 49.5 Å². The second kappa shape index (κ2) is 12.6. The van der Waals surface area contributed by atoms with Gasteiger partial charge in [-0.1, -0.05) is 54.4 Å². The van der Waals surface area contributed by atoms with E-state index in [1.165, 1.54) is 4.31 Å². The number of carbonyl (C=O) groups excluding carboxylic acids is 2. The normalized spacial score (nSPS) is 12.6. The average molecular weight is 536 g/mol. The molecule has 198 valence electrons. The van der Waals surface area contributed by atoms with E-state index in [0.717, 1.165) is 17.4 Å². The number of halogens is 1. The minimum Gasteiger partial charge on any atom is -0.350 e. The molecular formula is C27H38ClN3O4S. The molecule has 0 fully saturated rings. The molecule has 36 heavy (non-hydrogen) atoms. The van der Waals surface area contributed by atoms with Crippen molar-refractivity contribution in [3.05, 3.63) is 64.7 Å². The van der Waals surface area contributed by atoms with Gasteiger partial charge in [0, 0.05) is 30.1 Å². The molecule has 1 atom stereocenters. The first kappa shape index (κ1) is 29.6. The summed E-state index contributed by atoms with van der Waals surface area (Å²) >= 11 is 6.06. The standard InChI is InChI=1S/C27H38ClN3O4S/c1-7-24(26(33)29-27(3,4)5)30(19-21-15-13-20(2)14-16-21)25(32)12-9-17-31(36(6,34)35)23-11-8-10-22(28)18-23/h8,10-11,13-16,18,24H,7,9,12,17,19H2,1-6H3,(H,29,33). The van der Waals surface area contributed by atoms with E-state index in [9.17, 15) is 18.0 Å². The Morgan fingerprint density at radius 3 is 2.25 bits per heavy atom. The summed E-state index contributed by atoms with van der Waals surface area (Å²) in [6.07, 6.45) is 1.97. The van der Waals surface area contributed by atoms with Crippen molar-refractivity contribution in [1.29, 1.82) is 0 Å². The van der Waals surface area contributed by atoms with Gasteiger partial charge >= 0.3 is 0 Å². The maximum absolute atomic E-state index is 13.5. The third kappa shape index (κ3) is 9.13. The first-order chi connectivity index (χ1) is 16.7. The Balaban J connectivity index is 2.23. The highest BCUT2D eigenvalue weighted by molar-refractivity contribution is 7.92. The first-order valence-electron chi connectivity index (χ1n) is 12.1. The van der Waals surface area contributed by atoms with Gasteiger partial charge in [-0.05, 0) is 64.3 Å². The number of nitrogens with zero attached hydrogens (tertiary/aromatic N) is 2. The van der Waals surface area contributed by atoms with Crippen molar-refractivity contribution >= 4 is 39.1 Å². The fraction of sp³-hybridized carbons (Fsp3) is 0.481. The molecule has 1 N–H and O–H groups in total. The topological polar surface area (TPSA) is 86.8 Å². The zero-order chi connectivity index (χ0) is 27.1. The van der Waals surface area contributed by atoms with Crippen LogP contribution in [0, 0.1) is 6.92 Å². The fourth-order valence-electron chi connectivity index (χ4n) is 3.90. The van der Waals surface area contributed by atoms with E-state index in [1.54, 1.807) is 29.2 Å². The van der Waals surface area contributed by atoms with E-state index in [1.807, 2.05) is 58.9 Å². The third-order valence-corrected chi connectivity index (χ3v) is 7.04. The van der Waals surface area contributed by atoms with Crippen molar-refractivity contribution < 1.29 is 18.0 Å². The summed E-state index contributed by atoms with van der Waals surface area (Å²) in [4.78, 5) is 28.2. The summed E-state index contributed by atoms with van der Waals surface area (Å²) in [6.45, 7) is 9.99. The number of hydrogen-bond acceptors (Lipinski definition) is 4. The largest absolute Gasteiger partial charge is 0.350 e. The SMILES string of the molecule is CCC(C(=O)NC(C)(C)C)N(Cc1ccc(C)cc1)C(=O)CCCN(c1cccc(Cl)c1)S(C)(=O)=O. The van der Waals surface area contributed by atoms with Crippen molar-refractivity contribution in [2.45, 2.75) is 72.0 Å². The molecule has 0 bridgehead atoms. The Bertz CT molecular complexity index is 1140. The number of aryl methyl sites for hydroxylation is 1. The molecule has 0 aromatic heterocycles. The van der Waals surface area contributed by atoms with Gasteiger partial charge in [0.15, 0.2) is 0 Å². The first-order valence-corrected chi connectivity index (χ1v) is 14.3. The lowest BCUT2D eigenvalue weighted by Crippen LogP contribution is -2.53. The maximum atomic E-state index is 13.5. The van der Waals surface area contributed by atoms with Gasteiger partial charge in [0.25, 0.3) is 0 Å². The van der Waals surface area contributed by atoms with E-state index in [2.05, 4.69) is 5.32 Å². The quantitative estimate of drug-likeness (QED) is 0.442. The van der Waals surface area contributed by atoms with Crippen molar-refractivity contribution in [2.75, 3.05) is 17.1 Å². The number of carbonyl (C=O) groups is 2. The maximum Gasteiger partial charge on any atom is 0.243 e. The predicted molar refractivity (Wildman–Crippen MR) is 147 cm³/mol. The van der Waals surface area contributed by atoms with Gasteiger partial charge in [0.1, 0.15) is 6.04 Å². The summed E-state index contributed by atoms with van der Waals surface area (Å²) in [5.41, 5.74) is 2.05. The molecule has 0 heterocycles. The van der Waals surface area contributed by atoms with Gasteiger partial charge in [0.05, 0.1) is 11.9 Å². The van der Waals surface area contributed by atoms with Crippen molar-refractivity contribution in [3.63, 3.8) is 0 Å². The molecule has 2 amide bonds. The van der Waals surface area contributed by atoms with E-state index in [0.29, 0.717) is 30.1 Å². The molecule has 2 rings (SSSR count). The molecule has 0 radical (unpaired) electrons. The number of nitrogens with one attached hydrogen (secondary N) is 1. The van der Waals surface area contributed by atoms with Crippen molar-refractivity contribution in [3.8, 4) is 0 Å². The van der Waals surface area contributed by atoms with Gasteiger partial charge < -0.3 is 10.2 Å². The molecule has 2 aromatic carbocycles. The number of amides is 2. The van der Waals surface area contributed by atoms with Crippen LogP contribution in [-0.2, 0) is 26.2 Å². The van der Waals surface area contributed by atoms with Gasteiger partial charge in [-0.3, -0.25) is 13.9 Å². The van der Waals surface area contributed by atoms with Crippen LogP contribution in [0.1, 0.15) is 58.1 Å². The zero-order valence-electron chi connectivity index (χ0n) is 22.0. The van der Waals surface area contributed by atoms with E-state index < -0.39 is 21.6 Å². The average Bonchev–Trinajstić information content (AvgIpc) is 2.75. The predicted octanol–water partition coefficient (Wildman–Crippen LogP) is 4.92. The van der Waals surface area contributed by atoms with Crippen LogP contribution in [0.5, 0.6) is 0 Å². The number of anilines is 1. The molecule has 0 spiro atoms. The van der Waals surface area contributed by atoms with Gasteiger partial charge in [0.2, 0.25) is 21.8 Å². The molecule has 0 saturated carbocycles. The molecule has 0 saturated heterocycles. The van der Waals surface area contributed by atoms with Crippen LogP contribution in [0.3, 0.4) is 0 Å². The molecule has 7 nitrogen and oxygen atoms in total. The van der Waals surface area contributed by atoms with Gasteiger partial charge in [-0.25, -0.2) is 8.42 Å². The Morgan fingerprint density at radius 2 is 1.72 bits per heavy atom. The van der Waals surface area contributed by atoms with E-state index >= 15 is 0 Å². The number of hydrogen-bond donors (Lipinski definition) is 1. The Hall–Kier alpha value is -2.58. The highest BCUT2D eigenvalue weighted by Crippen LogP contribution is 2.23. The van der Waals surface area contributed by atoms with Crippen LogP contribution in [0.2, 0.25) is 5.02 Å². The van der Waals surface area contributed by atoms with Crippen molar-refractivity contribution in [1.82, 2.24) is 10.2 Å². The van der Waals surface area contributed by atoms with Crippen LogP contribution < -0.4 is 9.62 Å². The Morgan fingerprint density at radius 1 is 1.08 bits per heavy atom. The van der Waals surface area contributed by atoms with E-state index in [4.69, 9.17) is 11.6 Å². The van der Waals surface area contributed by atoms with Gasteiger partial charge in [-0.15, -0.1) is 0 Å². The van der Waals surface area contributed by atoms with Crippen LogP contribution in [0.15, 0.2) is 48.5 Å². The van der Waals surface area contributed by atoms with E-state index in [-0.39, 0.29) is 24.8 Å². The molecule has 0 aliphatic heterocycles. The lowest BCUT2D eigenvalue weighted by atomic mass is 10.0. The van der Waals surface area contributed by atoms with Crippen LogP contribution in [0.4, 0.5) is 5.69 Å². The lowest BCUT2D eigenvalue weighted by Gasteiger charge is -2.33. The molecule has 0 aliphatic carbocycles. The van der Waals surface area contributed by atoms with Crippen LogP contribution in [0.25, 0.3) is 0 Å². The molecule has 2 aromatic rings. The summed E-state index contributed by atoms with van der Waals surface area (Å²) in [7, 11) is -3.57. The summed E-state index contributed by atoms with van der Waals surface area (Å²) in [5, 5.41) is 3.42. The summed E-state index contributed by atoms with van der Waals surface area (Å²) in [6, 6.07) is 13.8. The van der Waals surface area contributed by atoms with Gasteiger partial charge in [-0.2, -0.15) is 0 Å². The minimum atomic E-state index is -3.57. The molecule has 1 unspecified atom stereocenters. The Kier molecular flexibility index (Phi) is 10.4. The third-order valence-electron chi connectivity index (χ3n) is 5.61. The second-order valence-electron chi connectivity index (χ2n) is 10.1. The number of rotatable bonds is 11. The lowest BCUT2D eigenvalue weighted by molar-refractivity contribution is -0.142. The van der Waals surface area contributed by atoms with Crippen LogP contribution >= 0.6 is 11.6 Å². The monoisotopic (exact) mass is 535 g/mol. The smallest absolute Gasteiger partial charge is 0.243 e. The summed E-state index contributed by atoms with van der Waals surface area (Å²) in [5.74, 6) is -0.409. The number of sulfonamides is 1. The van der Waals surface area contributed by atoms with Crippen molar-refractivity contribution in [2.24, 2.45) is 0 Å². The Labute approximate surface area is 220 Å². The molecular weight excluding hydrogens is 498 g/mol. The minimum absolute atomic E-state index is 0.0950. The highest BCUT2D eigenvalue weighted by atomic mass is 35.5.